The van der Waals surface area contributed by atoms with Crippen LogP contribution < -0.4 is 4.90 Å². The molecule has 0 aliphatic rings. The zero-order valence-corrected chi connectivity index (χ0v) is 24.1. The molecule has 0 saturated carbocycles. The Morgan fingerprint density at radius 2 is 1.05 bits per heavy atom. The van der Waals surface area contributed by atoms with Crippen LogP contribution in [0.4, 0.5) is 17.1 Å². The first-order valence-corrected chi connectivity index (χ1v) is 14.7. The van der Waals surface area contributed by atoms with E-state index in [1.165, 1.54) is 27.4 Å². The molecule has 2 aromatic heterocycles. The summed E-state index contributed by atoms with van der Waals surface area (Å²) in [4.78, 5) is 2.27. The number of rotatable bonds is 6. The lowest BCUT2D eigenvalue weighted by Gasteiger charge is -2.26. The number of benzene rings is 6. The minimum Gasteiger partial charge on any atom is -0.416 e. The van der Waals surface area contributed by atoms with E-state index in [1.807, 2.05) is 42.5 Å². The van der Waals surface area contributed by atoms with Crippen molar-refractivity contribution in [3.8, 4) is 28.6 Å². The van der Waals surface area contributed by atoms with Gasteiger partial charge in [-0.25, -0.2) is 0 Å². The molecule has 0 unspecified atom stereocenters. The maximum absolute atomic E-state index is 6.01. The van der Waals surface area contributed by atoms with E-state index in [2.05, 4.69) is 136 Å². The third-order valence-corrected chi connectivity index (χ3v) is 8.02. The van der Waals surface area contributed by atoms with Crippen LogP contribution in [0.2, 0.25) is 0 Å². The van der Waals surface area contributed by atoms with E-state index in [1.54, 1.807) is 0 Å². The fraction of sp³-hybridized carbons (Fsp3) is 0.0256. The quantitative estimate of drug-likeness (QED) is 0.200. The highest BCUT2D eigenvalue weighted by Crippen LogP contribution is 2.38. The van der Waals surface area contributed by atoms with E-state index >= 15 is 0 Å². The van der Waals surface area contributed by atoms with Crippen molar-refractivity contribution in [3.63, 3.8) is 0 Å². The summed E-state index contributed by atoms with van der Waals surface area (Å²) in [5, 5.41) is 11.1. The maximum Gasteiger partial charge on any atom is 0.248 e. The Hall–Kier alpha value is -5.94. The second-order valence-corrected chi connectivity index (χ2v) is 10.9. The Balaban J connectivity index is 1.18. The standard InChI is InChI=1S/C39H28N4O/c1-27-10-9-13-33(26-27)42(30-20-18-29(19-21-30)39-41-40-38(44-39)28-11-3-2-4-12-28)31-22-24-32(25-23-31)43-36-16-7-5-14-34(36)35-15-6-8-17-37(35)43/h2-26H,1H3. The van der Waals surface area contributed by atoms with Gasteiger partial charge in [0.1, 0.15) is 0 Å². The summed E-state index contributed by atoms with van der Waals surface area (Å²) in [7, 11) is 0. The molecule has 210 valence electrons. The largest absolute Gasteiger partial charge is 0.416 e. The zero-order chi connectivity index (χ0) is 29.5. The molecule has 0 fully saturated rings. The maximum atomic E-state index is 6.01. The summed E-state index contributed by atoms with van der Waals surface area (Å²) in [5.74, 6) is 1.00. The topological polar surface area (TPSA) is 47.1 Å². The third kappa shape index (κ3) is 4.52. The Labute approximate surface area is 255 Å². The predicted molar refractivity (Wildman–Crippen MR) is 179 cm³/mol. The summed E-state index contributed by atoms with van der Waals surface area (Å²) < 4.78 is 8.35. The lowest BCUT2D eigenvalue weighted by molar-refractivity contribution is 0.584. The number of anilines is 3. The third-order valence-electron chi connectivity index (χ3n) is 8.02. The lowest BCUT2D eigenvalue weighted by Crippen LogP contribution is -2.10. The van der Waals surface area contributed by atoms with Crippen LogP contribution in [0.15, 0.2) is 156 Å². The van der Waals surface area contributed by atoms with Crippen LogP contribution in [0.3, 0.4) is 0 Å². The Morgan fingerprint density at radius 1 is 0.500 bits per heavy atom. The first kappa shape index (κ1) is 25.7. The Kier molecular flexibility index (Phi) is 6.27. The van der Waals surface area contributed by atoms with E-state index in [0.29, 0.717) is 11.8 Å². The molecule has 0 spiro atoms. The van der Waals surface area contributed by atoms with E-state index in [-0.39, 0.29) is 0 Å². The molecule has 0 atom stereocenters. The van der Waals surface area contributed by atoms with Crippen LogP contribution in [0, 0.1) is 6.92 Å². The first-order valence-electron chi connectivity index (χ1n) is 14.7. The summed E-state index contributed by atoms with van der Waals surface area (Å²) >= 11 is 0. The van der Waals surface area contributed by atoms with E-state index in [0.717, 1.165) is 33.9 Å². The zero-order valence-electron chi connectivity index (χ0n) is 24.1. The Bertz CT molecular complexity index is 2180. The molecule has 0 bridgehead atoms. The highest BCUT2D eigenvalue weighted by Gasteiger charge is 2.16. The van der Waals surface area contributed by atoms with Crippen molar-refractivity contribution in [3.05, 3.63) is 157 Å². The normalized spacial score (nSPS) is 11.3. The summed E-state index contributed by atoms with van der Waals surface area (Å²) in [6.45, 7) is 2.12. The first-order chi connectivity index (χ1) is 21.7. The van der Waals surface area contributed by atoms with Gasteiger partial charge in [0.2, 0.25) is 11.8 Å². The van der Waals surface area contributed by atoms with Crippen LogP contribution in [0.1, 0.15) is 5.56 Å². The van der Waals surface area contributed by atoms with Gasteiger partial charge in [-0.15, -0.1) is 10.2 Å². The molecule has 2 heterocycles. The molecular weight excluding hydrogens is 540 g/mol. The molecule has 0 aliphatic carbocycles. The van der Waals surface area contributed by atoms with Gasteiger partial charge in [0.15, 0.2) is 0 Å². The monoisotopic (exact) mass is 568 g/mol. The minimum atomic E-state index is 0.494. The second-order valence-electron chi connectivity index (χ2n) is 10.9. The van der Waals surface area contributed by atoms with Crippen molar-refractivity contribution >= 4 is 38.9 Å². The van der Waals surface area contributed by atoms with Gasteiger partial charge in [-0.1, -0.05) is 66.7 Å². The van der Waals surface area contributed by atoms with Gasteiger partial charge in [0.05, 0.1) is 11.0 Å². The number of para-hydroxylation sites is 2. The average molecular weight is 569 g/mol. The van der Waals surface area contributed by atoms with Crippen LogP contribution in [0.5, 0.6) is 0 Å². The molecule has 0 saturated heterocycles. The molecule has 0 N–H and O–H groups in total. The number of fused-ring (bicyclic) bond motifs is 3. The van der Waals surface area contributed by atoms with Gasteiger partial charge in [-0.3, -0.25) is 0 Å². The highest BCUT2D eigenvalue weighted by molar-refractivity contribution is 6.09. The van der Waals surface area contributed by atoms with Crippen LogP contribution in [-0.2, 0) is 0 Å². The fourth-order valence-electron chi connectivity index (χ4n) is 5.96. The van der Waals surface area contributed by atoms with Gasteiger partial charge < -0.3 is 13.9 Å². The number of aromatic nitrogens is 3. The van der Waals surface area contributed by atoms with Crippen LogP contribution in [-0.4, -0.2) is 14.8 Å². The van der Waals surface area contributed by atoms with Gasteiger partial charge in [-0.05, 0) is 97.4 Å². The average Bonchev–Trinajstić information content (AvgIpc) is 3.70. The molecule has 8 rings (SSSR count). The minimum absolute atomic E-state index is 0.494. The highest BCUT2D eigenvalue weighted by atomic mass is 16.4. The SMILES string of the molecule is Cc1cccc(N(c2ccc(-c3nnc(-c4ccccc4)o3)cc2)c2ccc(-n3c4ccccc4c4ccccc43)cc2)c1. The van der Waals surface area contributed by atoms with Gasteiger partial charge in [-0.2, -0.15) is 0 Å². The molecule has 44 heavy (non-hydrogen) atoms. The predicted octanol–water partition coefficient (Wildman–Crippen LogP) is 10.3. The van der Waals surface area contributed by atoms with Crippen molar-refractivity contribution in [1.82, 2.24) is 14.8 Å². The molecule has 0 radical (unpaired) electrons. The summed E-state index contributed by atoms with van der Waals surface area (Å²) in [6.07, 6.45) is 0. The summed E-state index contributed by atoms with van der Waals surface area (Å²) in [5.41, 5.74) is 9.68. The van der Waals surface area contributed by atoms with Crippen LogP contribution >= 0.6 is 0 Å². The molecule has 6 aromatic carbocycles. The van der Waals surface area contributed by atoms with Crippen molar-refractivity contribution in [2.24, 2.45) is 0 Å². The number of hydrogen-bond acceptors (Lipinski definition) is 4. The van der Waals surface area contributed by atoms with Crippen molar-refractivity contribution < 1.29 is 4.42 Å². The molecule has 8 aromatic rings. The van der Waals surface area contributed by atoms with Crippen molar-refractivity contribution in [2.45, 2.75) is 6.92 Å². The van der Waals surface area contributed by atoms with Crippen molar-refractivity contribution in [1.29, 1.82) is 0 Å². The van der Waals surface area contributed by atoms with Crippen LogP contribution in [0.25, 0.3) is 50.4 Å². The van der Waals surface area contributed by atoms with E-state index in [9.17, 15) is 0 Å². The Morgan fingerprint density at radius 3 is 1.66 bits per heavy atom. The molecular formula is C39H28N4O. The number of hydrogen-bond donors (Lipinski definition) is 0. The summed E-state index contributed by atoms with van der Waals surface area (Å²) in [6, 6.07) is 52.7. The van der Waals surface area contributed by atoms with E-state index < -0.39 is 0 Å². The van der Waals surface area contributed by atoms with Gasteiger partial charge in [0, 0.05) is 44.6 Å². The fourth-order valence-corrected chi connectivity index (χ4v) is 5.96. The molecule has 5 heteroatoms. The number of aryl methyl sites for hydroxylation is 1. The van der Waals surface area contributed by atoms with Gasteiger partial charge in [0.25, 0.3) is 0 Å². The molecule has 0 amide bonds. The van der Waals surface area contributed by atoms with Crippen molar-refractivity contribution in [2.75, 3.05) is 4.90 Å². The molecule has 0 aliphatic heterocycles. The molecule has 5 nitrogen and oxygen atoms in total. The number of nitrogens with zero attached hydrogens (tertiary/aromatic N) is 4. The lowest BCUT2D eigenvalue weighted by atomic mass is 10.1. The van der Waals surface area contributed by atoms with Gasteiger partial charge >= 0.3 is 0 Å². The second kappa shape index (κ2) is 10.7. The smallest absolute Gasteiger partial charge is 0.248 e. The van der Waals surface area contributed by atoms with E-state index in [4.69, 9.17) is 4.42 Å².